The molecule has 11 heteroatoms. The number of rotatable bonds is 9. The van der Waals surface area contributed by atoms with Crippen molar-refractivity contribution < 1.29 is 24.2 Å². The number of para-hydroxylation sites is 1. The smallest absolute Gasteiger partial charge is 0.341 e. The van der Waals surface area contributed by atoms with Gasteiger partial charge >= 0.3 is 5.97 Å². The third-order valence-electron chi connectivity index (χ3n) is 3.60. The minimum atomic E-state index is -1.08. The summed E-state index contributed by atoms with van der Waals surface area (Å²) in [7, 11) is 1.46. The zero-order valence-corrected chi connectivity index (χ0v) is 19.4. The van der Waals surface area contributed by atoms with Crippen molar-refractivity contribution >= 4 is 74.0 Å². The Morgan fingerprint density at radius 1 is 1.37 bits per heavy atom. The molecule has 0 aliphatic heterocycles. The van der Waals surface area contributed by atoms with Crippen LogP contribution in [0.4, 0.5) is 0 Å². The van der Waals surface area contributed by atoms with Gasteiger partial charge in [-0.3, -0.25) is 4.79 Å². The molecule has 0 radical (unpaired) electrons. The number of carboxylic acid groups (broad SMARTS) is 1. The predicted octanol–water partition coefficient (Wildman–Crippen LogP) is 3.62. The number of hydrogen-bond acceptors (Lipinski definition) is 8. The van der Waals surface area contributed by atoms with Crippen LogP contribution in [0.25, 0.3) is 10.2 Å². The van der Waals surface area contributed by atoms with Crippen molar-refractivity contribution in [3.05, 3.63) is 45.5 Å². The number of hydrazone groups is 1. The van der Waals surface area contributed by atoms with Crippen LogP contribution in [0.1, 0.15) is 5.56 Å². The van der Waals surface area contributed by atoms with Gasteiger partial charge in [-0.15, -0.1) is 11.3 Å². The molecule has 0 saturated heterocycles. The number of carboxylic acids is 1. The minimum absolute atomic E-state index is 0.194. The maximum absolute atomic E-state index is 12.0. The van der Waals surface area contributed by atoms with E-state index >= 15 is 0 Å². The maximum Gasteiger partial charge on any atom is 0.341 e. The van der Waals surface area contributed by atoms with E-state index in [1.807, 2.05) is 46.9 Å². The van der Waals surface area contributed by atoms with Gasteiger partial charge in [0.15, 0.2) is 22.4 Å². The zero-order chi connectivity index (χ0) is 21.5. The first-order chi connectivity index (χ1) is 14.5. The lowest BCUT2D eigenvalue weighted by molar-refractivity contribution is -0.139. The Labute approximate surface area is 193 Å². The first-order valence-corrected chi connectivity index (χ1v) is 11.4. The van der Waals surface area contributed by atoms with Gasteiger partial charge in [0.05, 0.1) is 32.9 Å². The number of carbonyl (C=O) groups excluding carboxylic acids is 1. The number of thiazole rings is 1. The van der Waals surface area contributed by atoms with Gasteiger partial charge in [0.1, 0.15) is 0 Å². The summed E-state index contributed by atoms with van der Waals surface area (Å²) in [6.45, 7) is -0.470. The number of amides is 1. The highest BCUT2D eigenvalue weighted by Crippen LogP contribution is 2.33. The largest absolute Gasteiger partial charge is 0.493 e. The average molecular weight is 557 g/mol. The number of aromatic nitrogens is 1. The fraction of sp³-hybridized carbons (Fsp3) is 0.158. The lowest BCUT2D eigenvalue weighted by Gasteiger charge is -2.12. The first kappa shape index (κ1) is 22.3. The number of nitrogens with zero attached hydrogens (tertiary/aromatic N) is 2. The third kappa shape index (κ3) is 6.06. The second kappa shape index (κ2) is 10.6. The van der Waals surface area contributed by atoms with Crippen molar-refractivity contribution in [2.45, 2.75) is 4.34 Å². The summed E-state index contributed by atoms with van der Waals surface area (Å²) in [6.07, 6.45) is 1.48. The molecule has 3 aromatic rings. The van der Waals surface area contributed by atoms with E-state index in [4.69, 9.17) is 14.6 Å². The summed E-state index contributed by atoms with van der Waals surface area (Å²) in [5.41, 5.74) is 4.07. The lowest BCUT2D eigenvalue weighted by atomic mass is 10.2. The van der Waals surface area contributed by atoms with Crippen LogP contribution in [0.5, 0.6) is 11.5 Å². The number of fused-ring (bicyclic) bond motifs is 1. The summed E-state index contributed by atoms with van der Waals surface area (Å²) < 4.78 is 13.1. The third-order valence-corrected chi connectivity index (χ3v) is 6.58. The second-order valence-electron chi connectivity index (χ2n) is 5.75. The lowest BCUT2D eigenvalue weighted by Crippen LogP contribution is -2.19. The van der Waals surface area contributed by atoms with Crippen molar-refractivity contribution in [1.29, 1.82) is 0 Å². The van der Waals surface area contributed by atoms with Crippen molar-refractivity contribution in [3.63, 3.8) is 0 Å². The number of aliphatic carboxylic acids is 1. The highest BCUT2D eigenvalue weighted by Gasteiger charge is 2.13. The van der Waals surface area contributed by atoms with E-state index in [0.29, 0.717) is 20.6 Å². The fourth-order valence-electron chi connectivity index (χ4n) is 2.34. The molecule has 1 heterocycles. The van der Waals surface area contributed by atoms with Gasteiger partial charge in [-0.05, 0) is 52.4 Å². The van der Waals surface area contributed by atoms with E-state index in [9.17, 15) is 9.59 Å². The van der Waals surface area contributed by atoms with Gasteiger partial charge in [-0.1, -0.05) is 23.9 Å². The fourth-order valence-corrected chi connectivity index (χ4v) is 4.98. The highest BCUT2D eigenvalue weighted by molar-refractivity contribution is 14.1. The summed E-state index contributed by atoms with van der Waals surface area (Å²) in [5.74, 6) is -0.417. The molecule has 8 nitrogen and oxygen atoms in total. The van der Waals surface area contributed by atoms with E-state index in [2.05, 4.69) is 15.5 Å². The van der Waals surface area contributed by atoms with Crippen LogP contribution < -0.4 is 14.9 Å². The standard InChI is InChI=1S/C19H16IN3O5S2/c1-27-14-7-11(6-12(20)18(14)28-9-17(25)26)8-21-23-16(24)10-29-19-22-13-4-2-3-5-15(13)30-19/h2-8H,9-10H2,1H3,(H,23,24)(H,25,26)/b21-8-. The van der Waals surface area contributed by atoms with E-state index in [1.54, 1.807) is 23.5 Å². The predicted molar refractivity (Wildman–Crippen MR) is 125 cm³/mol. The van der Waals surface area contributed by atoms with Gasteiger partial charge in [-0.2, -0.15) is 5.10 Å². The molecule has 0 aliphatic carbocycles. The van der Waals surface area contributed by atoms with E-state index in [1.165, 1.54) is 25.1 Å². The molecule has 30 heavy (non-hydrogen) atoms. The molecule has 0 aliphatic rings. The number of benzene rings is 2. The van der Waals surface area contributed by atoms with E-state index in [-0.39, 0.29) is 11.7 Å². The summed E-state index contributed by atoms with van der Waals surface area (Å²) in [5, 5.41) is 12.7. The van der Waals surface area contributed by atoms with Gasteiger partial charge in [0, 0.05) is 0 Å². The molecule has 0 spiro atoms. The van der Waals surface area contributed by atoms with Crippen LogP contribution in [-0.4, -0.2) is 47.7 Å². The van der Waals surface area contributed by atoms with Gasteiger partial charge in [0.2, 0.25) is 0 Å². The second-order valence-corrected chi connectivity index (χ2v) is 9.16. The van der Waals surface area contributed by atoms with Crippen molar-refractivity contribution in [3.8, 4) is 11.5 Å². The Kier molecular flexibility index (Phi) is 7.87. The van der Waals surface area contributed by atoms with E-state index < -0.39 is 12.6 Å². The van der Waals surface area contributed by atoms with E-state index in [0.717, 1.165) is 14.6 Å². The Morgan fingerprint density at radius 2 is 2.17 bits per heavy atom. The average Bonchev–Trinajstić information content (AvgIpc) is 3.14. The van der Waals surface area contributed by atoms with Crippen LogP contribution in [0, 0.1) is 3.57 Å². The molecular formula is C19H16IN3O5S2. The Hall–Kier alpha value is -2.38. The summed E-state index contributed by atoms with van der Waals surface area (Å²) >= 11 is 4.91. The highest BCUT2D eigenvalue weighted by atomic mass is 127. The molecule has 0 fully saturated rings. The molecule has 3 rings (SSSR count). The van der Waals surface area contributed by atoms with Gasteiger partial charge in [-0.25, -0.2) is 15.2 Å². The summed E-state index contributed by atoms with van der Waals surface area (Å²) in [4.78, 5) is 27.2. The zero-order valence-electron chi connectivity index (χ0n) is 15.6. The van der Waals surface area contributed by atoms with Gasteiger partial charge < -0.3 is 14.6 Å². The molecule has 1 aromatic heterocycles. The van der Waals surface area contributed by atoms with Crippen LogP contribution in [0.3, 0.4) is 0 Å². The topological polar surface area (TPSA) is 110 Å². The molecule has 0 unspecified atom stereocenters. The number of halogens is 1. The molecule has 0 saturated carbocycles. The molecular weight excluding hydrogens is 541 g/mol. The minimum Gasteiger partial charge on any atom is -0.493 e. The number of methoxy groups -OCH3 is 1. The quantitative estimate of drug-likeness (QED) is 0.179. The number of ether oxygens (including phenoxy) is 2. The molecule has 2 aromatic carbocycles. The first-order valence-electron chi connectivity index (χ1n) is 8.48. The van der Waals surface area contributed by atoms with Crippen LogP contribution in [-0.2, 0) is 9.59 Å². The number of thioether (sulfide) groups is 1. The molecule has 0 bridgehead atoms. The van der Waals surface area contributed by atoms with Gasteiger partial charge in [0.25, 0.3) is 5.91 Å². The summed E-state index contributed by atoms with van der Waals surface area (Å²) in [6, 6.07) is 11.2. The molecule has 1 amide bonds. The van der Waals surface area contributed by atoms with Crippen molar-refractivity contribution in [2.24, 2.45) is 5.10 Å². The molecule has 0 atom stereocenters. The van der Waals surface area contributed by atoms with Crippen LogP contribution in [0.15, 0.2) is 45.8 Å². The van der Waals surface area contributed by atoms with Crippen LogP contribution >= 0.6 is 45.7 Å². The maximum atomic E-state index is 12.0. The Morgan fingerprint density at radius 3 is 2.90 bits per heavy atom. The molecule has 156 valence electrons. The van der Waals surface area contributed by atoms with Crippen molar-refractivity contribution in [1.82, 2.24) is 10.4 Å². The monoisotopic (exact) mass is 557 g/mol. The Balaban J connectivity index is 1.56. The number of carbonyl (C=O) groups is 2. The SMILES string of the molecule is COc1cc(/C=N\NC(=O)CSc2nc3ccccc3s2)cc(I)c1OCC(=O)O. The molecule has 2 N–H and O–H groups in total. The van der Waals surface area contributed by atoms with Crippen LogP contribution in [0.2, 0.25) is 0 Å². The Bertz CT molecular complexity index is 1070. The normalized spacial score (nSPS) is 11.0. The number of nitrogens with one attached hydrogen (secondary N) is 1. The number of hydrogen-bond donors (Lipinski definition) is 2. The van der Waals surface area contributed by atoms with Crippen molar-refractivity contribution in [2.75, 3.05) is 19.5 Å².